The lowest BCUT2D eigenvalue weighted by Gasteiger charge is -2.01. The van der Waals surface area contributed by atoms with Crippen LogP contribution in [0.5, 0.6) is 0 Å². The van der Waals surface area contributed by atoms with Gasteiger partial charge in [-0.05, 0) is 13.8 Å². The molecule has 0 radical (unpaired) electrons. The molecule has 0 saturated carbocycles. The second-order valence-corrected chi connectivity index (χ2v) is 1.72. The molecule has 0 heterocycles. The number of hydrogen-bond acceptors (Lipinski definition) is 1. The Morgan fingerprint density at radius 3 is 1.57 bits per heavy atom. The summed E-state index contributed by atoms with van der Waals surface area (Å²) in [5.41, 5.74) is 3.59. The van der Waals surface area contributed by atoms with Crippen molar-refractivity contribution in [2.75, 3.05) is 0 Å². The Labute approximate surface area is 54.5 Å². The highest BCUT2D eigenvalue weighted by Crippen LogP contribution is 1.79. The standard InChI is InChI=1S/C4H11NO.BrH/c1-3(5)4(2)6;/h3-4,6H,5H2,1-2H3;1H. The molecule has 0 aromatic carbocycles. The van der Waals surface area contributed by atoms with E-state index in [0.717, 1.165) is 0 Å². The van der Waals surface area contributed by atoms with Gasteiger partial charge in [-0.15, -0.1) is 0 Å². The van der Waals surface area contributed by atoms with Gasteiger partial charge < -0.3 is 27.8 Å². The molecular formula is C4H12BrNO. The van der Waals surface area contributed by atoms with Gasteiger partial charge in [-0.25, -0.2) is 0 Å². The molecule has 0 spiro atoms. The van der Waals surface area contributed by atoms with Gasteiger partial charge in [-0.1, -0.05) is 0 Å². The summed E-state index contributed by atoms with van der Waals surface area (Å²) in [4.78, 5) is 0. The SMILES string of the molecule is CC([NH3+])C(C)O.[Br-]. The number of aliphatic hydroxyl groups is 1. The van der Waals surface area contributed by atoms with Crippen LogP contribution in [0.4, 0.5) is 0 Å². The molecule has 0 aromatic rings. The zero-order valence-electron chi connectivity index (χ0n) is 4.69. The van der Waals surface area contributed by atoms with Gasteiger partial charge in [0.2, 0.25) is 0 Å². The lowest BCUT2D eigenvalue weighted by molar-refractivity contribution is -0.430. The lowest BCUT2D eigenvalue weighted by Crippen LogP contribution is -3.00. The third-order valence-electron chi connectivity index (χ3n) is 0.824. The molecule has 0 aromatic heterocycles. The van der Waals surface area contributed by atoms with Crippen molar-refractivity contribution in [2.45, 2.75) is 26.0 Å². The third kappa shape index (κ3) is 6.40. The summed E-state index contributed by atoms with van der Waals surface area (Å²) in [6, 6.07) is 0.157. The Morgan fingerprint density at radius 2 is 1.57 bits per heavy atom. The molecule has 7 heavy (non-hydrogen) atoms. The van der Waals surface area contributed by atoms with Gasteiger partial charge >= 0.3 is 0 Å². The highest BCUT2D eigenvalue weighted by Gasteiger charge is 2.02. The number of hydrogen-bond donors (Lipinski definition) is 2. The fraction of sp³-hybridized carbons (Fsp3) is 1.00. The minimum Gasteiger partial charge on any atom is -1.00 e. The van der Waals surface area contributed by atoms with E-state index in [4.69, 9.17) is 5.11 Å². The molecule has 0 rings (SSSR count). The molecule has 0 aliphatic carbocycles. The molecule has 46 valence electrons. The Balaban J connectivity index is 0. The van der Waals surface area contributed by atoms with Crippen molar-refractivity contribution in [1.29, 1.82) is 0 Å². The Bertz CT molecular complexity index is 32.7. The van der Waals surface area contributed by atoms with Crippen molar-refractivity contribution in [3.05, 3.63) is 0 Å². The number of aliphatic hydroxyl groups excluding tert-OH is 1. The van der Waals surface area contributed by atoms with Gasteiger partial charge in [-0.2, -0.15) is 0 Å². The molecule has 0 saturated heterocycles. The maximum absolute atomic E-state index is 8.57. The Kier molecular flexibility index (Phi) is 6.77. The van der Waals surface area contributed by atoms with Crippen LogP contribution in [0.2, 0.25) is 0 Å². The average Bonchev–Trinajstić information content (AvgIpc) is 1.36. The monoisotopic (exact) mass is 169 g/mol. The molecule has 0 aliphatic rings. The molecule has 3 heteroatoms. The molecule has 0 amide bonds. The smallest absolute Gasteiger partial charge is 0.107 e. The van der Waals surface area contributed by atoms with Crippen molar-refractivity contribution >= 4 is 0 Å². The van der Waals surface area contributed by atoms with E-state index in [-0.39, 0.29) is 29.1 Å². The minimum absolute atomic E-state index is 0. The van der Waals surface area contributed by atoms with Crippen LogP contribution in [0.3, 0.4) is 0 Å². The van der Waals surface area contributed by atoms with Gasteiger partial charge in [-0.3, -0.25) is 0 Å². The van der Waals surface area contributed by atoms with Crippen LogP contribution in [0.15, 0.2) is 0 Å². The largest absolute Gasteiger partial charge is 1.00 e. The Morgan fingerprint density at radius 1 is 1.43 bits per heavy atom. The molecule has 0 fully saturated rings. The molecule has 0 aliphatic heterocycles. The molecular weight excluding hydrogens is 158 g/mol. The van der Waals surface area contributed by atoms with Crippen molar-refractivity contribution in [3.63, 3.8) is 0 Å². The summed E-state index contributed by atoms with van der Waals surface area (Å²) in [6.07, 6.45) is -0.259. The van der Waals surface area contributed by atoms with Crippen LogP contribution in [0.1, 0.15) is 13.8 Å². The first-order chi connectivity index (χ1) is 2.64. The summed E-state index contributed by atoms with van der Waals surface area (Å²) in [5.74, 6) is 0. The predicted octanol–water partition coefficient (Wildman–Crippen LogP) is -4.00. The molecule has 0 bridgehead atoms. The maximum atomic E-state index is 8.57. The third-order valence-corrected chi connectivity index (χ3v) is 0.824. The van der Waals surface area contributed by atoms with E-state index in [1.807, 2.05) is 6.92 Å². The summed E-state index contributed by atoms with van der Waals surface area (Å²) in [5, 5.41) is 8.57. The summed E-state index contributed by atoms with van der Waals surface area (Å²) in [6.45, 7) is 3.61. The molecule has 2 atom stereocenters. The first kappa shape index (κ1) is 10.4. The first-order valence-electron chi connectivity index (χ1n) is 2.15. The fourth-order valence-corrected chi connectivity index (χ4v) is 0. The highest BCUT2D eigenvalue weighted by molar-refractivity contribution is 4.49. The van der Waals surface area contributed by atoms with Crippen molar-refractivity contribution in [3.8, 4) is 0 Å². The minimum atomic E-state index is -0.259. The van der Waals surface area contributed by atoms with E-state index in [2.05, 4.69) is 5.73 Å². The molecule has 2 unspecified atom stereocenters. The van der Waals surface area contributed by atoms with E-state index >= 15 is 0 Å². The maximum Gasteiger partial charge on any atom is 0.107 e. The summed E-state index contributed by atoms with van der Waals surface area (Å²) in [7, 11) is 0. The van der Waals surface area contributed by atoms with Gasteiger partial charge in [0.1, 0.15) is 12.1 Å². The Hall–Kier alpha value is 0.400. The van der Waals surface area contributed by atoms with Crippen LogP contribution in [-0.2, 0) is 0 Å². The van der Waals surface area contributed by atoms with E-state index < -0.39 is 0 Å². The van der Waals surface area contributed by atoms with Crippen LogP contribution in [-0.4, -0.2) is 17.3 Å². The van der Waals surface area contributed by atoms with Gasteiger partial charge in [0.15, 0.2) is 0 Å². The summed E-state index contributed by atoms with van der Waals surface area (Å²) < 4.78 is 0. The van der Waals surface area contributed by atoms with Gasteiger partial charge in [0.25, 0.3) is 0 Å². The average molecular weight is 170 g/mol. The molecule has 2 nitrogen and oxygen atoms in total. The lowest BCUT2D eigenvalue weighted by atomic mass is 10.2. The van der Waals surface area contributed by atoms with E-state index in [0.29, 0.717) is 0 Å². The summed E-state index contributed by atoms with van der Waals surface area (Å²) >= 11 is 0. The zero-order chi connectivity index (χ0) is 5.15. The number of rotatable bonds is 1. The quantitative estimate of drug-likeness (QED) is 0.414. The zero-order valence-corrected chi connectivity index (χ0v) is 6.27. The van der Waals surface area contributed by atoms with Crippen molar-refractivity contribution in [2.24, 2.45) is 0 Å². The number of quaternary nitrogens is 1. The normalized spacial score (nSPS) is 17.1. The van der Waals surface area contributed by atoms with Crippen molar-refractivity contribution in [1.82, 2.24) is 0 Å². The topological polar surface area (TPSA) is 47.9 Å². The van der Waals surface area contributed by atoms with Gasteiger partial charge in [0.05, 0.1) is 0 Å². The second kappa shape index (κ2) is 4.56. The second-order valence-electron chi connectivity index (χ2n) is 1.72. The van der Waals surface area contributed by atoms with E-state index in [1.54, 1.807) is 6.92 Å². The predicted molar refractivity (Wildman–Crippen MR) is 24.0 cm³/mol. The van der Waals surface area contributed by atoms with Crippen molar-refractivity contribution < 1.29 is 27.8 Å². The van der Waals surface area contributed by atoms with Crippen LogP contribution in [0, 0.1) is 0 Å². The van der Waals surface area contributed by atoms with Gasteiger partial charge in [0, 0.05) is 0 Å². The highest BCUT2D eigenvalue weighted by atomic mass is 79.9. The van der Waals surface area contributed by atoms with E-state index in [1.165, 1.54) is 0 Å². The van der Waals surface area contributed by atoms with E-state index in [9.17, 15) is 0 Å². The van der Waals surface area contributed by atoms with Crippen LogP contribution >= 0.6 is 0 Å². The van der Waals surface area contributed by atoms with Crippen LogP contribution in [0.25, 0.3) is 0 Å². The van der Waals surface area contributed by atoms with Crippen LogP contribution < -0.4 is 22.7 Å². The number of halogens is 1. The molecule has 4 N–H and O–H groups in total. The fourth-order valence-electron chi connectivity index (χ4n) is 0. The first-order valence-corrected chi connectivity index (χ1v) is 2.15.